The summed E-state index contributed by atoms with van der Waals surface area (Å²) < 4.78 is 31.4. The summed E-state index contributed by atoms with van der Waals surface area (Å²) in [6.07, 6.45) is 1.79. The minimum Gasteiger partial charge on any atom is -0.490 e. The van der Waals surface area contributed by atoms with Crippen molar-refractivity contribution in [3.05, 3.63) is 57.0 Å². The fourth-order valence-corrected chi connectivity index (χ4v) is 4.65. The molecular formula is C22H26Cl3N3O5S. The Bertz CT molecular complexity index is 1120. The summed E-state index contributed by atoms with van der Waals surface area (Å²) in [6, 6.07) is 9.45. The standard InChI is InChI=1S/C22H26Cl3N3O5S/c1-34(31,32)27-21-10-14(23)2-4-18(21)22(30)26-12-15(29)13-28-8-6-16(7-9-28)33-17-3-5-19(24)20(25)11-17/h2-5,10-11,15-16,27,29H,6-9,12-13H2,1H3,(H,26,30). The van der Waals surface area contributed by atoms with Gasteiger partial charge in [0.25, 0.3) is 5.91 Å². The average Bonchev–Trinajstić information content (AvgIpc) is 2.75. The molecule has 1 saturated heterocycles. The number of aliphatic hydroxyl groups is 1. The lowest BCUT2D eigenvalue weighted by atomic mass is 10.1. The first-order valence-electron chi connectivity index (χ1n) is 10.6. The number of hydrogen-bond acceptors (Lipinski definition) is 6. The number of aliphatic hydroxyl groups excluding tert-OH is 1. The van der Waals surface area contributed by atoms with Crippen LogP contribution < -0.4 is 14.8 Å². The van der Waals surface area contributed by atoms with Gasteiger partial charge >= 0.3 is 0 Å². The van der Waals surface area contributed by atoms with E-state index in [1.807, 2.05) is 0 Å². The largest absolute Gasteiger partial charge is 0.490 e. The Hall–Kier alpha value is -1.75. The zero-order valence-electron chi connectivity index (χ0n) is 18.4. The average molecular weight is 551 g/mol. The molecule has 2 aromatic carbocycles. The number of nitrogens with zero attached hydrogens (tertiary/aromatic N) is 1. The van der Waals surface area contributed by atoms with Crippen molar-refractivity contribution >= 4 is 56.4 Å². The molecule has 1 fully saturated rings. The van der Waals surface area contributed by atoms with Crippen LogP contribution in [0.1, 0.15) is 23.2 Å². The minimum atomic E-state index is -3.60. The summed E-state index contributed by atoms with van der Waals surface area (Å²) in [5, 5.41) is 14.3. The SMILES string of the molecule is CS(=O)(=O)Nc1cc(Cl)ccc1C(=O)NCC(O)CN1CCC(Oc2ccc(Cl)c(Cl)c2)CC1. The second-order valence-corrected chi connectivity index (χ2v) is 11.1. The Morgan fingerprint density at radius 3 is 2.50 bits per heavy atom. The number of nitrogens with one attached hydrogen (secondary N) is 2. The number of anilines is 1. The smallest absolute Gasteiger partial charge is 0.253 e. The van der Waals surface area contributed by atoms with Gasteiger partial charge in [-0.15, -0.1) is 0 Å². The van der Waals surface area contributed by atoms with Crippen molar-refractivity contribution in [1.29, 1.82) is 0 Å². The third-order valence-electron chi connectivity index (χ3n) is 5.22. The van der Waals surface area contributed by atoms with Crippen LogP contribution in [0.2, 0.25) is 15.1 Å². The van der Waals surface area contributed by atoms with E-state index in [4.69, 9.17) is 39.5 Å². The number of benzene rings is 2. The summed E-state index contributed by atoms with van der Waals surface area (Å²) in [4.78, 5) is 14.7. The van der Waals surface area contributed by atoms with Crippen molar-refractivity contribution in [3.8, 4) is 5.75 Å². The van der Waals surface area contributed by atoms with E-state index in [1.165, 1.54) is 18.2 Å². The molecule has 1 aliphatic heterocycles. The van der Waals surface area contributed by atoms with Gasteiger partial charge in [-0.3, -0.25) is 9.52 Å². The van der Waals surface area contributed by atoms with E-state index in [-0.39, 0.29) is 28.9 Å². The van der Waals surface area contributed by atoms with Crippen LogP contribution in [0.25, 0.3) is 0 Å². The Balaban J connectivity index is 1.45. The molecule has 2 aromatic rings. The highest BCUT2D eigenvalue weighted by atomic mass is 35.5. The molecule has 3 N–H and O–H groups in total. The van der Waals surface area contributed by atoms with Gasteiger partial charge in [-0.1, -0.05) is 34.8 Å². The van der Waals surface area contributed by atoms with Gasteiger partial charge in [0.2, 0.25) is 10.0 Å². The lowest BCUT2D eigenvalue weighted by Crippen LogP contribution is -2.45. The third-order valence-corrected chi connectivity index (χ3v) is 6.78. The number of rotatable bonds is 9. The van der Waals surface area contributed by atoms with Crippen LogP contribution >= 0.6 is 34.8 Å². The number of halogens is 3. The number of carbonyl (C=O) groups excluding carboxylic acids is 1. The Labute approximate surface area is 214 Å². The van der Waals surface area contributed by atoms with E-state index in [9.17, 15) is 18.3 Å². The predicted octanol–water partition coefficient (Wildman–Crippen LogP) is 3.65. The van der Waals surface area contributed by atoms with Gasteiger partial charge in [-0.2, -0.15) is 0 Å². The molecule has 186 valence electrons. The van der Waals surface area contributed by atoms with E-state index in [1.54, 1.807) is 18.2 Å². The second-order valence-electron chi connectivity index (χ2n) is 8.12. The van der Waals surface area contributed by atoms with Crippen LogP contribution in [0.5, 0.6) is 5.75 Å². The van der Waals surface area contributed by atoms with Gasteiger partial charge in [0.15, 0.2) is 0 Å². The third kappa shape index (κ3) is 8.18. The van der Waals surface area contributed by atoms with E-state index in [2.05, 4.69) is 14.9 Å². The predicted molar refractivity (Wildman–Crippen MR) is 135 cm³/mol. The molecule has 1 heterocycles. The Morgan fingerprint density at radius 2 is 1.85 bits per heavy atom. The number of sulfonamides is 1. The number of carbonyl (C=O) groups is 1. The number of amides is 1. The Kier molecular flexibility index (Phi) is 9.31. The first-order chi connectivity index (χ1) is 16.0. The monoisotopic (exact) mass is 549 g/mol. The molecular weight excluding hydrogens is 525 g/mol. The Morgan fingerprint density at radius 1 is 1.15 bits per heavy atom. The van der Waals surface area contributed by atoms with E-state index in [0.29, 0.717) is 22.3 Å². The van der Waals surface area contributed by atoms with Gasteiger partial charge in [-0.05, 0) is 43.2 Å². The van der Waals surface area contributed by atoms with Crippen molar-refractivity contribution in [1.82, 2.24) is 10.2 Å². The minimum absolute atomic E-state index is 0.0134. The van der Waals surface area contributed by atoms with Gasteiger partial charge < -0.3 is 20.1 Å². The maximum absolute atomic E-state index is 12.6. The molecule has 0 bridgehead atoms. The molecule has 1 atom stereocenters. The molecule has 0 saturated carbocycles. The highest BCUT2D eigenvalue weighted by Crippen LogP contribution is 2.28. The van der Waals surface area contributed by atoms with Crippen LogP contribution in [-0.4, -0.2) is 69.0 Å². The molecule has 3 rings (SSSR count). The molecule has 1 unspecified atom stereocenters. The molecule has 1 aliphatic rings. The molecule has 0 radical (unpaired) electrons. The highest BCUT2D eigenvalue weighted by molar-refractivity contribution is 7.92. The molecule has 1 amide bonds. The van der Waals surface area contributed by atoms with Crippen molar-refractivity contribution in [3.63, 3.8) is 0 Å². The zero-order valence-corrected chi connectivity index (χ0v) is 21.5. The highest BCUT2D eigenvalue weighted by Gasteiger charge is 2.23. The van der Waals surface area contributed by atoms with Gasteiger partial charge in [0.05, 0.1) is 33.7 Å². The quantitative estimate of drug-likeness (QED) is 0.440. The second kappa shape index (κ2) is 11.8. The van der Waals surface area contributed by atoms with Crippen LogP contribution in [-0.2, 0) is 10.0 Å². The summed E-state index contributed by atoms with van der Waals surface area (Å²) in [5.41, 5.74) is 0.188. The van der Waals surface area contributed by atoms with Crippen LogP contribution in [0, 0.1) is 0 Å². The topological polar surface area (TPSA) is 108 Å². The zero-order chi connectivity index (χ0) is 24.9. The van der Waals surface area contributed by atoms with Crippen molar-refractivity contribution in [2.24, 2.45) is 0 Å². The molecule has 34 heavy (non-hydrogen) atoms. The summed E-state index contributed by atoms with van der Waals surface area (Å²) in [5.74, 6) is 0.151. The summed E-state index contributed by atoms with van der Waals surface area (Å²) >= 11 is 17.9. The number of likely N-dealkylation sites (tertiary alicyclic amines) is 1. The summed E-state index contributed by atoms with van der Waals surface area (Å²) in [7, 11) is -3.60. The normalized spacial score (nSPS) is 16.1. The fourth-order valence-electron chi connectivity index (χ4n) is 3.62. The van der Waals surface area contributed by atoms with E-state index < -0.39 is 22.0 Å². The van der Waals surface area contributed by atoms with Gasteiger partial charge in [0.1, 0.15) is 11.9 Å². The molecule has 0 aromatic heterocycles. The van der Waals surface area contributed by atoms with Gasteiger partial charge in [-0.25, -0.2) is 8.42 Å². The van der Waals surface area contributed by atoms with Crippen LogP contribution in [0.15, 0.2) is 36.4 Å². The number of ether oxygens (including phenoxy) is 1. The van der Waals surface area contributed by atoms with E-state index in [0.717, 1.165) is 32.2 Å². The number of piperidine rings is 1. The first kappa shape index (κ1) is 26.8. The molecule has 8 nitrogen and oxygen atoms in total. The lowest BCUT2D eigenvalue weighted by molar-refractivity contribution is 0.0594. The van der Waals surface area contributed by atoms with Crippen molar-refractivity contribution < 1.29 is 23.1 Å². The fraction of sp³-hybridized carbons (Fsp3) is 0.409. The van der Waals surface area contributed by atoms with E-state index >= 15 is 0 Å². The summed E-state index contributed by atoms with van der Waals surface area (Å²) in [6.45, 7) is 1.86. The van der Waals surface area contributed by atoms with Gasteiger partial charge in [0, 0.05) is 37.3 Å². The van der Waals surface area contributed by atoms with Crippen molar-refractivity contribution in [2.75, 3.05) is 37.2 Å². The number of hydrogen-bond donors (Lipinski definition) is 3. The van der Waals surface area contributed by atoms with Crippen molar-refractivity contribution in [2.45, 2.75) is 25.0 Å². The van der Waals surface area contributed by atoms with Crippen LogP contribution in [0.4, 0.5) is 5.69 Å². The van der Waals surface area contributed by atoms with Crippen LogP contribution in [0.3, 0.4) is 0 Å². The maximum atomic E-state index is 12.6. The molecule has 0 aliphatic carbocycles. The molecule has 12 heteroatoms. The number of β-amino-alcohol motifs (C(OH)–C–C–N with tert-alkyl or cyclic N) is 1. The maximum Gasteiger partial charge on any atom is 0.253 e. The first-order valence-corrected chi connectivity index (χ1v) is 13.6. The molecule has 0 spiro atoms. The lowest BCUT2D eigenvalue weighted by Gasteiger charge is -2.33.